The Hall–Kier alpha value is -3.50. The highest BCUT2D eigenvalue weighted by Crippen LogP contribution is 2.25. The molecule has 4 amide bonds. The minimum Gasteiger partial charge on any atom is -0.342 e. The monoisotopic (exact) mass is 557 g/mol. The fourth-order valence-corrected chi connectivity index (χ4v) is 4.94. The number of halogens is 2. The summed E-state index contributed by atoms with van der Waals surface area (Å²) in [6.45, 7) is 2.28. The van der Waals surface area contributed by atoms with E-state index in [4.69, 9.17) is 17.3 Å². The lowest BCUT2D eigenvalue weighted by molar-refractivity contribution is -0.145. The summed E-state index contributed by atoms with van der Waals surface area (Å²) in [7, 11) is 0. The maximum Gasteiger partial charge on any atom is 0.246 e. The number of alkyl halides is 1. The number of nitrogens with two attached hydrogens (primary N) is 1. The molecule has 0 unspecified atom stereocenters. The number of carbonyl (C=O) groups is 4. The van der Waals surface area contributed by atoms with Crippen molar-refractivity contribution in [3.63, 3.8) is 0 Å². The van der Waals surface area contributed by atoms with Crippen LogP contribution in [0.5, 0.6) is 0 Å². The Balaban J connectivity index is 1.46. The van der Waals surface area contributed by atoms with E-state index >= 15 is 0 Å². The fourth-order valence-electron chi connectivity index (χ4n) is 4.82. The Morgan fingerprint density at radius 3 is 2.44 bits per heavy atom. The molecule has 39 heavy (non-hydrogen) atoms. The van der Waals surface area contributed by atoms with Gasteiger partial charge in [-0.05, 0) is 54.8 Å². The minimum atomic E-state index is -1.02. The van der Waals surface area contributed by atoms with Gasteiger partial charge < -0.3 is 26.2 Å². The SMILES string of the molecule is Cc1cc(NC(=O)[C@H](CCN)NC(=O)[C@@H]2Cc3ccccc3CN2C(=O)CCC(=O)N2CC(F)C2)ccc1Cl. The van der Waals surface area contributed by atoms with E-state index in [2.05, 4.69) is 10.6 Å². The number of carbonyl (C=O) groups excluding carboxylic acids is 4. The number of fused-ring (bicyclic) bond motifs is 1. The van der Waals surface area contributed by atoms with Crippen LogP contribution in [-0.2, 0) is 32.1 Å². The molecule has 2 aliphatic heterocycles. The fraction of sp³-hybridized carbons (Fsp3) is 0.429. The topological polar surface area (TPSA) is 125 Å². The van der Waals surface area contributed by atoms with Gasteiger partial charge >= 0.3 is 0 Å². The summed E-state index contributed by atoms with van der Waals surface area (Å²) in [5.74, 6) is -1.55. The van der Waals surface area contributed by atoms with Gasteiger partial charge in [0, 0.05) is 36.5 Å². The highest BCUT2D eigenvalue weighted by atomic mass is 35.5. The number of hydrogen-bond donors (Lipinski definition) is 3. The number of nitrogens with one attached hydrogen (secondary N) is 2. The molecule has 11 heteroatoms. The van der Waals surface area contributed by atoms with Crippen molar-refractivity contribution in [3.05, 3.63) is 64.2 Å². The largest absolute Gasteiger partial charge is 0.342 e. The van der Waals surface area contributed by atoms with Crippen molar-refractivity contribution in [2.45, 2.75) is 57.4 Å². The Morgan fingerprint density at radius 2 is 1.77 bits per heavy atom. The molecule has 2 aliphatic rings. The molecule has 0 saturated carbocycles. The van der Waals surface area contributed by atoms with Gasteiger partial charge in [-0.2, -0.15) is 0 Å². The van der Waals surface area contributed by atoms with E-state index in [-0.39, 0.29) is 63.7 Å². The number of likely N-dealkylation sites (tertiary alicyclic amines) is 1. The predicted molar refractivity (Wildman–Crippen MR) is 146 cm³/mol. The molecule has 0 aromatic heterocycles. The molecule has 0 spiro atoms. The third kappa shape index (κ3) is 6.93. The average molecular weight is 558 g/mol. The van der Waals surface area contributed by atoms with E-state index in [0.717, 1.165) is 16.7 Å². The Labute approximate surface area is 231 Å². The second-order valence-corrected chi connectivity index (χ2v) is 10.4. The number of nitrogens with zero attached hydrogens (tertiary/aromatic N) is 2. The average Bonchev–Trinajstić information content (AvgIpc) is 2.90. The van der Waals surface area contributed by atoms with Crippen LogP contribution in [0, 0.1) is 6.92 Å². The van der Waals surface area contributed by atoms with Crippen LogP contribution in [0.2, 0.25) is 5.02 Å². The van der Waals surface area contributed by atoms with Crippen LogP contribution in [0.4, 0.5) is 10.1 Å². The van der Waals surface area contributed by atoms with Crippen molar-refractivity contribution in [3.8, 4) is 0 Å². The predicted octanol–water partition coefficient (Wildman–Crippen LogP) is 2.33. The van der Waals surface area contributed by atoms with Crippen LogP contribution >= 0.6 is 11.6 Å². The molecule has 1 saturated heterocycles. The molecule has 9 nitrogen and oxygen atoms in total. The minimum absolute atomic E-state index is 0.0509. The Bertz CT molecular complexity index is 1250. The third-order valence-corrected chi connectivity index (χ3v) is 7.55. The number of amides is 4. The van der Waals surface area contributed by atoms with Crippen molar-refractivity contribution in [2.24, 2.45) is 5.73 Å². The van der Waals surface area contributed by atoms with Gasteiger partial charge in [0.1, 0.15) is 18.3 Å². The van der Waals surface area contributed by atoms with Crippen LogP contribution < -0.4 is 16.4 Å². The summed E-state index contributed by atoms with van der Waals surface area (Å²) >= 11 is 6.08. The standard InChI is InChI=1S/C28H33ClFN5O4/c1-17-12-21(6-7-22(17)29)32-27(38)23(10-11-31)33-28(39)24-13-18-4-2-3-5-19(18)14-35(24)26(37)9-8-25(36)34-15-20(30)16-34/h2-7,12,20,23-24H,8-11,13-16,31H2,1H3,(H,32,38)(H,33,39)/t23-,24-/m0/s1. The second kappa shape index (κ2) is 12.6. The van der Waals surface area contributed by atoms with Crippen LogP contribution in [0.1, 0.15) is 36.0 Å². The van der Waals surface area contributed by atoms with E-state index in [1.165, 1.54) is 9.80 Å². The van der Waals surface area contributed by atoms with Crippen molar-refractivity contribution in [1.82, 2.24) is 15.1 Å². The first-order chi connectivity index (χ1) is 18.7. The quantitative estimate of drug-likeness (QED) is 0.436. The van der Waals surface area contributed by atoms with Gasteiger partial charge in [-0.1, -0.05) is 35.9 Å². The zero-order chi connectivity index (χ0) is 28.1. The van der Waals surface area contributed by atoms with E-state index < -0.39 is 30.1 Å². The zero-order valence-corrected chi connectivity index (χ0v) is 22.5. The van der Waals surface area contributed by atoms with Crippen molar-refractivity contribution in [1.29, 1.82) is 0 Å². The number of hydrogen-bond acceptors (Lipinski definition) is 5. The second-order valence-electron chi connectivity index (χ2n) is 10.00. The molecule has 2 aromatic carbocycles. The molecule has 4 rings (SSSR count). The lowest BCUT2D eigenvalue weighted by Crippen LogP contribution is -2.56. The maximum absolute atomic E-state index is 13.5. The molecule has 4 N–H and O–H groups in total. The van der Waals surface area contributed by atoms with Gasteiger partial charge in [-0.25, -0.2) is 4.39 Å². The molecule has 2 aromatic rings. The van der Waals surface area contributed by atoms with E-state index in [1.54, 1.807) is 18.2 Å². The van der Waals surface area contributed by atoms with Crippen molar-refractivity contribution >= 4 is 40.9 Å². The molecule has 2 atom stereocenters. The van der Waals surface area contributed by atoms with Crippen LogP contribution in [0.15, 0.2) is 42.5 Å². The zero-order valence-electron chi connectivity index (χ0n) is 21.8. The van der Waals surface area contributed by atoms with Gasteiger partial charge in [0.15, 0.2) is 0 Å². The van der Waals surface area contributed by atoms with Crippen molar-refractivity contribution < 1.29 is 23.6 Å². The molecule has 0 aliphatic carbocycles. The molecule has 2 heterocycles. The normalized spacial score (nSPS) is 17.6. The Morgan fingerprint density at radius 1 is 1.08 bits per heavy atom. The summed E-state index contributed by atoms with van der Waals surface area (Å²) in [4.78, 5) is 55.0. The van der Waals surface area contributed by atoms with E-state index in [9.17, 15) is 23.6 Å². The molecule has 0 radical (unpaired) electrons. The summed E-state index contributed by atoms with van der Waals surface area (Å²) in [5, 5.41) is 6.15. The van der Waals surface area contributed by atoms with Crippen LogP contribution in [0.3, 0.4) is 0 Å². The lowest BCUT2D eigenvalue weighted by atomic mass is 9.92. The van der Waals surface area contributed by atoms with Crippen molar-refractivity contribution in [2.75, 3.05) is 25.0 Å². The van der Waals surface area contributed by atoms with Gasteiger partial charge in [-0.15, -0.1) is 0 Å². The smallest absolute Gasteiger partial charge is 0.246 e. The highest BCUT2D eigenvalue weighted by molar-refractivity contribution is 6.31. The van der Waals surface area contributed by atoms with E-state index in [1.807, 2.05) is 31.2 Å². The number of aryl methyl sites for hydroxylation is 1. The van der Waals surface area contributed by atoms with E-state index in [0.29, 0.717) is 10.7 Å². The first kappa shape index (κ1) is 28.5. The summed E-state index contributed by atoms with van der Waals surface area (Å²) in [5.41, 5.74) is 8.92. The van der Waals surface area contributed by atoms with Gasteiger partial charge in [0.05, 0.1) is 13.1 Å². The first-order valence-electron chi connectivity index (χ1n) is 13.0. The van der Waals surface area contributed by atoms with Gasteiger partial charge in [-0.3, -0.25) is 19.2 Å². The Kier molecular flexibility index (Phi) is 9.19. The number of anilines is 1. The molecule has 0 bridgehead atoms. The molecular weight excluding hydrogens is 525 g/mol. The summed E-state index contributed by atoms with van der Waals surface area (Å²) in [6, 6.07) is 10.8. The molecular formula is C28H33ClFN5O4. The van der Waals surface area contributed by atoms with Gasteiger partial charge in [0.2, 0.25) is 23.6 Å². The summed E-state index contributed by atoms with van der Waals surface area (Å²) < 4.78 is 13.1. The number of benzene rings is 2. The van der Waals surface area contributed by atoms with Crippen LogP contribution in [0.25, 0.3) is 0 Å². The maximum atomic E-state index is 13.5. The lowest BCUT2D eigenvalue weighted by Gasteiger charge is -2.37. The number of rotatable bonds is 9. The first-order valence-corrected chi connectivity index (χ1v) is 13.4. The van der Waals surface area contributed by atoms with Gasteiger partial charge in [0.25, 0.3) is 0 Å². The third-order valence-electron chi connectivity index (χ3n) is 7.13. The summed E-state index contributed by atoms with van der Waals surface area (Å²) in [6.07, 6.45) is -0.706. The highest BCUT2D eigenvalue weighted by Gasteiger charge is 2.37. The molecule has 1 fully saturated rings. The molecule has 208 valence electrons. The van der Waals surface area contributed by atoms with Crippen LogP contribution in [-0.4, -0.2) is 71.3 Å².